The summed E-state index contributed by atoms with van der Waals surface area (Å²) >= 11 is 5.87. The Morgan fingerprint density at radius 3 is 2.36 bits per heavy atom. The van der Waals surface area contributed by atoms with Gasteiger partial charge in [0, 0.05) is 5.02 Å². The Kier molecular flexibility index (Phi) is 4.47. The van der Waals surface area contributed by atoms with Crippen molar-refractivity contribution in [2.75, 3.05) is 37.6 Å². The number of halogens is 1. The van der Waals surface area contributed by atoms with Crippen molar-refractivity contribution in [2.45, 2.75) is 19.4 Å². The molecule has 0 unspecified atom stereocenters. The Labute approximate surface area is 135 Å². The monoisotopic (exact) mass is 323 g/mol. The van der Waals surface area contributed by atoms with Crippen molar-refractivity contribution in [3.63, 3.8) is 0 Å². The van der Waals surface area contributed by atoms with Gasteiger partial charge in [-0.3, -0.25) is 9.59 Å². The van der Waals surface area contributed by atoms with E-state index in [-0.39, 0.29) is 17.9 Å². The number of amides is 2. The molecule has 2 saturated heterocycles. The highest BCUT2D eigenvalue weighted by atomic mass is 35.5. The summed E-state index contributed by atoms with van der Waals surface area (Å²) in [5.74, 6) is -0.169. The van der Waals surface area contributed by atoms with Gasteiger partial charge in [0.15, 0.2) is 6.04 Å². The third-order valence-corrected chi connectivity index (χ3v) is 5.08. The number of benzene rings is 1. The number of likely N-dealkylation sites (N-methyl/N-ethyl adjacent to an activating group) is 1. The summed E-state index contributed by atoms with van der Waals surface area (Å²) in [6.07, 6.45) is 0.318. The van der Waals surface area contributed by atoms with Crippen LogP contribution in [0.5, 0.6) is 0 Å². The molecule has 2 fully saturated rings. The van der Waals surface area contributed by atoms with E-state index in [0.29, 0.717) is 17.1 Å². The van der Waals surface area contributed by atoms with E-state index < -0.39 is 0 Å². The number of nitrogens with one attached hydrogen (secondary N) is 2. The molecule has 0 aliphatic carbocycles. The maximum absolute atomic E-state index is 12.7. The molecule has 22 heavy (non-hydrogen) atoms. The normalized spacial score (nSPS) is 29.2. The lowest BCUT2D eigenvalue weighted by Gasteiger charge is -2.31. The summed E-state index contributed by atoms with van der Waals surface area (Å²) in [6, 6.07) is 6.66. The molecule has 1 aromatic carbocycles. The molecular formula is C16H22ClN3O2+2. The Morgan fingerprint density at radius 2 is 1.77 bits per heavy atom. The summed E-state index contributed by atoms with van der Waals surface area (Å²) in [4.78, 5) is 29.2. The lowest BCUT2D eigenvalue weighted by atomic mass is 10.1. The van der Waals surface area contributed by atoms with Crippen LogP contribution in [0.4, 0.5) is 5.69 Å². The van der Waals surface area contributed by atoms with Gasteiger partial charge in [-0.05, 0) is 31.2 Å². The second kappa shape index (κ2) is 6.36. The number of hydrogen-bond donors (Lipinski definition) is 2. The molecule has 5 nitrogen and oxygen atoms in total. The van der Waals surface area contributed by atoms with Crippen LogP contribution in [0, 0.1) is 0 Å². The van der Waals surface area contributed by atoms with Crippen LogP contribution in [0.2, 0.25) is 5.02 Å². The van der Waals surface area contributed by atoms with E-state index in [2.05, 4.69) is 6.92 Å². The van der Waals surface area contributed by atoms with E-state index in [9.17, 15) is 9.59 Å². The third-order valence-electron chi connectivity index (χ3n) is 4.82. The average Bonchev–Trinajstić information content (AvgIpc) is 2.83. The van der Waals surface area contributed by atoms with E-state index in [4.69, 9.17) is 11.6 Å². The summed E-state index contributed by atoms with van der Waals surface area (Å²) in [6.45, 7) is 7.38. The number of carbonyl (C=O) groups is 2. The molecule has 3 rings (SSSR count). The fourth-order valence-electron chi connectivity index (χ4n) is 3.44. The molecular weight excluding hydrogens is 302 g/mol. The number of nitrogens with zero attached hydrogens (tertiary/aromatic N) is 1. The Hall–Kier alpha value is -1.43. The van der Waals surface area contributed by atoms with Gasteiger partial charge >= 0.3 is 0 Å². The van der Waals surface area contributed by atoms with Gasteiger partial charge in [0.1, 0.15) is 26.2 Å². The standard InChI is InChI=1S/C16H20ClN3O2/c1-2-18-7-9-19(10-8-18)14-11-15(21)20(16(14)22)13-5-3-12(17)4-6-13/h3-6,14H,2,7-11H2,1H3/p+2/t14-/m0/s1. The Bertz CT molecular complexity index is 567. The van der Waals surface area contributed by atoms with Crippen LogP contribution in [0.1, 0.15) is 13.3 Å². The summed E-state index contributed by atoms with van der Waals surface area (Å²) < 4.78 is 0. The van der Waals surface area contributed by atoms with Gasteiger partial charge in [-0.15, -0.1) is 0 Å². The molecule has 6 heteroatoms. The minimum atomic E-state index is -0.221. The number of hydrogen-bond acceptors (Lipinski definition) is 2. The molecule has 2 heterocycles. The first-order valence-corrected chi connectivity index (χ1v) is 8.28. The van der Waals surface area contributed by atoms with Crippen molar-refractivity contribution in [1.29, 1.82) is 0 Å². The van der Waals surface area contributed by atoms with Gasteiger partial charge in [0.25, 0.3) is 5.91 Å². The third kappa shape index (κ3) is 2.89. The van der Waals surface area contributed by atoms with E-state index in [0.717, 1.165) is 32.7 Å². The predicted molar refractivity (Wildman–Crippen MR) is 84.3 cm³/mol. The molecule has 2 aliphatic rings. The number of piperazine rings is 1. The van der Waals surface area contributed by atoms with Crippen molar-refractivity contribution in [1.82, 2.24) is 0 Å². The lowest BCUT2D eigenvalue weighted by molar-refractivity contribution is -1.02. The molecule has 2 amide bonds. The van der Waals surface area contributed by atoms with Gasteiger partial charge in [-0.25, -0.2) is 4.90 Å². The van der Waals surface area contributed by atoms with Crippen molar-refractivity contribution in [2.24, 2.45) is 0 Å². The number of carbonyl (C=O) groups excluding carboxylic acids is 2. The second-order valence-corrected chi connectivity index (χ2v) is 6.50. The van der Waals surface area contributed by atoms with Crippen molar-refractivity contribution in [3.8, 4) is 0 Å². The van der Waals surface area contributed by atoms with Crippen LogP contribution < -0.4 is 14.7 Å². The second-order valence-electron chi connectivity index (χ2n) is 6.06. The first-order valence-electron chi connectivity index (χ1n) is 7.90. The van der Waals surface area contributed by atoms with Crippen LogP contribution in [0.3, 0.4) is 0 Å². The summed E-state index contributed by atoms with van der Waals surface area (Å²) in [5.41, 5.74) is 0.624. The first-order chi connectivity index (χ1) is 10.6. The number of imide groups is 1. The largest absolute Gasteiger partial charge is 0.326 e. The van der Waals surface area contributed by atoms with Crippen molar-refractivity contribution in [3.05, 3.63) is 29.3 Å². The summed E-state index contributed by atoms with van der Waals surface area (Å²) in [5, 5.41) is 0.601. The molecule has 2 aliphatic heterocycles. The van der Waals surface area contributed by atoms with Crippen molar-refractivity contribution >= 4 is 29.1 Å². The summed E-state index contributed by atoms with van der Waals surface area (Å²) in [7, 11) is 0. The minimum absolute atomic E-state index is 0.0673. The molecule has 0 saturated carbocycles. The number of anilines is 1. The SMILES string of the molecule is CC[NH+]1CC[NH+]([C@H]2CC(=O)N(c3ccc(Cl)cc3)C2=O)CC1. The molecule has 0 bridgehead atoms. The van der Waals surface area contributed by atoms with Crippen molar-refractivity contribution < 1.29 is 19.4 Å². The zero-order chi connectivity index (χ0) is 15.7. The molecule has 118 valence electrons. The van der Waals surface area contributed by atoms with E-state index >= 15 is 0 Å². The van der Waals surface area contributed by atoms with Crippen LogP contribution in [-0.4, -0.2) is 50.6 Å². The topological polar surface area (TPSA) is 46.3 Å². The van der Waals surface area contributed by atoms with Gasteiger partial charge < -0.3 is 9.80 Å². The van der Waals surface area contributed by atoms with Gasteiger partial charge in [-0.1, -0.05) is 11.6 Å². The fraction of sp³-hybridized carbons (Fsp3) is 0.500. The zero-order valence-electron chi connectivity index (χ0n) is 12.8. The van der Waals surface area contributed by atoms with Gasteiger partial charge in [0.2, 0.25) is 5.91 Å². The molecule has 1 atom stereocenters. The molecule has 1 aromatic rings. The van der Waals surface area contributed by atoms with Gasteiger partial charge in [-0.2, -0.15) is 0 Å². The Balaban J connectivity index is 1.73. The van der Waals surface area contributed by atoms with Crippen LogP contribution in [0.25, 0.3) is 0 Å². The average molecular weight is 324 g/mol. The highest BCUT2D eigenvalue weighted by molar-refractivity contribution is 6.30. The number of rotatable bonds is 3. The fourth-order valence-corrected chi connectivity index (χ4v) is 3.56. The van der Waals surface area contributed by atoms with E-state index in [1.54, 1.807) is 29.2 Å². The zero-order valence-corrected chi connectivity index (χ0v) is 13.5. The van der Waals surface area contributed by atoms with E-state index in [1.807, 2.05) is 0 Å². The first kappa shape index (κ1) is 15.5. The Morgan fingerprint density at radius 1 is 1.14 bits per heavy atom. The molecule has 0 radical (unpaired) electrons. The van der Waals surface area contributed by atoms with E-state index in [1.165, 1.54) is 9.80 Å². The quantitative estimate of drug-likeness (QED) is 0.685. The maximum atomic E-state index is 12.7. The van der Waals surface area contributed by atoms with Gasteiger partial charge in [0.05, 0.1) is 18.7 Å². The number of quaternary nitrogens is 2. The lowest BCUT2D eigenvalue weighted by Crippen LogP contribution is -3.29. The molecule has 2 N–H and O–H groups in total. The van der Waals surface area contributed by atoms with Crippen LogP contribution in [-0.2, 0) is 9.59 Å². The highest BCUT2D eigenvalue weighted by Crippen LogP contribution is 2.23. The molecule has 0 spiro atoms. The maximum Gasteiger partial charge on any atom is 0.292 e. The predicted octanol–water partition coefficient (Wildman–Crippen LogP) is -1.22. The van der Waals surface area contributed by atoms with Crippen LogP contribution in [0.15, 0.2) is 24.3 Å². The molecule has 0 aromatic heterocycles. The minimum Gasteiger partial charge on any atom is -0.326 e. The van der Waals surface area contributed by atoms with Crippen LogP contribution >= 0.6 is 11.6 Å². The highest BCUT2D eigenvalue weighted by Gasteiger charge is 2.46. The smallest absolute Gasteiger partial charge is 0.292 e.